The topological polar surface area (TPSA) is 82.2 Å². The smallest absolute Gasteiger partial charge is 0.171 e. The second-order valence-electron chi connectivity index (χ2n) is 4.46. The van der Waals surface area contributed by atoms with Gasteiger partial charge in [0, 0.05) is 17.1 Å². The van der Waals surface area contributed by atoms with Crippen LogP contribution in [0.4, 0.5) is 5.82 Å². The number of anilines is 1. The molecule has 2 heterocycles. The molecule has 0 bridgehead atoms. The third-order valence-corrected chi connectivity index (χ3v) is 4.08. The van der Waals surface area contributed by atoms with Gasteiger partial charge in [0.2, 0.25) is 0 Å². The lowest BCUT2D eigenvalue weighted by Crippen LogP contribution is -2.04. The summed E-state index contributed by atoms with van der Waals surface area (Å²) >= 11 is 1.57. The molecule has 0 unspecified atom stereocenters. The minimum absolute atomic E-state index is 0.401. The first-order chi connectivity index (χ1) is 9.69. The molecule has 0 atom stereocenters. The van der Waals surface area contributed by atoms with Gasteiger partial charge in [0.05, 0.1) is 5.69 Å². The molecule has 0 fully saturated rings. The van der Waals surface area contributed by atoms with Gasteiger partial charge in [-0.05, 0) is 25.1 Å². The molecule has 3 aromatic rings. The van der Waals surface area contributed by atoms with Gasteiger partial charge in [-0.25, -0.2) is 9.50 Å². The summed E-state index contributed by atoms with van der Waals surface area (Å²) in [6.45, 7) is 2.37. The van der Waals surface area contributed by atoms with Crippen LogP contribution in [-0.2, 0) is 6.54 Å². The Hall–Kier alpha value is -2.05. The van der Waals surface area contributed by atoms with Gasteiger partial charge in [0.15, 0.2) is 11.5 Å². The number of benzene rings is 1. The molecule has 2 aromatic heterocycles. The Morgan fingerprint density at radius 3 is 2.70 bits per heavy atom. The molecule has 0 aliphatic heterocycles. The van der Waals surface area contributed by atoms with Gasteiger partial charge in [-0.1, -0.05) is 30.0 Å². The lowest BCUT2D eigenvalue weighted by atomic mass is 10.3. The van der Waals surface area contributed by atoms with Crippen molar-refractivity contribution in [2.45, 2.75) is 23.3 Å². The monoisotopic (exact) mass is 285 g/mol. The van der Waals surface area contributed by atoms with Crippen molar-refractivity contribution < 1.29 is 0 Å². The Morgan fingerprint density at radius 2 is 2.00 bits per heavy atom. The molecule has 1 aromatic carbocycles. The van der Waals surface area contributed by atoms with Gasteiger partial charge in [0.1, 0.15) is 4.90 Å². The van der Waals surface area contributed by atoms with Crippen LogP contribution < -0.4 is 11.5 Å². The van der Waals surface area contributed by atoms with E-state index in [1.54, 1.807) is 16.3 Å². The van der Waals surface area contributed by atoms with Gasteiger partial charge < -0.3 is 11.5 Å². The second-order valence-corrected chi connectivity index (χ2v) is 5.54. The van der Waals surface area contributed by atoms with E-state index in [1.807, 2.05) is 43.3 Å². The molecule has 6 heteroatoms. The third kappa shape index (κ3) is 2.23. The number of aryl methyl sites for hydroxylation is 1. The van der Waals surface area contributed by atoms with Crippen molar-refractivity contribution in [1.82, 2.24) is 14.6 Å². The van der Waals surface area contributed by atoms with E-state index >= 15 is 0 Å². The fourth-order valence-corrected chi connectivity index (χ4v) is 2.93. The fraction of sp³-hybridized carbons (Fsp3) is 0.143. The Labute approximate surface area is 121 Å². The normalized spacial score (nSPS) is 11.1. The molecule has 0 spiro atoms. The maximum atomic E-state index is 6.04. The van der Waals surface area contributed by atoms with Crippen LogP contribution in [0.5, 0.6) is 0 Å². The molecular weight excluding hydrogens is 270 g/mol. The van der Waals surface area contributed by atoms with Crippen LogP contribution in [0.15, 0.2) is 46.2 Å². The zero-order valence-corrected chi connectivity index (χ0v) is 11.9. The zero-order valence-electron chi connectivity index (χ0n) is 11.1. The number of hydrogen-bond donors (Lipinski definition) is 2. The maximum absolute atomic E-state index is 6.04. The summed E-state index contributed by atoms with van der Waals surface area (Å²) in [6, 6.07) is 12.0. The first-order valence-corrected chi connectivity index (χ1v) is 7.08. The van der Waals surface area contributed by atoms with Crippen LogP contribution >= 0.6 is 11.8 Å². The van der Waals surface area contributed by atoms with E-state index in [4.69, 9.17) is 11.5 Å². The van der Waals surface area contributed by atoms with Crippen molar-refractivity contribution in [3.8, 4) is 0 Å². The van der Waals surface area contributed by atoms with Crippen LogP contribution in [0.3, 0.4) is 0 Å². The van der Waals surface area contributed by atoms with Crippen molar-refractivity contribution in [2.24, 2.45) is 5.73 Å². The van der Waals surface area contributed by atoms with E-state index in [0.717, 1.165) is 26.8 Å². The fourth-order valence-electron chi connectivity index (χ4n) is 2.03. The Morgan fingerprint density at radius 1 is 1.25 bits per heavy atom. The van der Waals surface area contributed by atoms with Crippen molar-refractivity contribution in [3.63, 3.8) is 0 Å². The van der Waals surface area contributed by atoms with E-state index in [1.165, 1.54) is 0 Å². The number of rotatable bonds is 3. The Balaban J connectivity index is 2.14. The molecule has 0 radical (unpaired) electrons. The highest BCUT2D eigenvalue weighted by atomic mass is 32.2. The largest absolute Gasteiger partial charge is 0.381 e. The van der Waals surface area contributed by atoms with Gasteiger partial charge in [0.25, 0.3) is 0 Å². The Bertz CT molecular complexity index is 751. The molecule has 102 valence electrons. The standard InChI is InChI=1S/C14H15N5S/c1-9-7-10(8-15)17-14-12(13(16)18-19(9)14)20-11-5-3-2-4-6-11/h2-7H,8,15H2,1H3,(H2,16,18). The van der Waals surface area contributed by atoms with Crippen LogP contribution in [0.2, 0.25) is 0 Å². The van der Waals surface area contributed by atoms with E-state index in [9.17, 15) is 0 Å². The third-order valence-electron chi connectivity index (χ3n) is 2.98. The molecule has 0 saturated carbocycles. The van der Waals surface area contributed by atoms with Gasteiger partial charge in [-0.2, -0.15) is 0 Å². The maximum Gasteiger partial charge on any atom is 0.171 e. The number of nitrogens with zero attached hydrogens (tertiary/aromatic N) is 3. The lowest BCUT2D eigenvalue weighted by Gasteiger charge is -2.04. The summed E-state index contributed by atoms with van der Waals surface area (Å²) in [6.07, 6.45) is 0. The lowest BCUT2D eigenvalue weighted by molar-refractivity contribution is 0.869. The highest BCUT2D eigenvalue weighted by Gasteiger charge is 2.15. The molecule has 0 saturated heterocycles. The van der Waals surface area contributed by atoms with Crippen LogP contribution in [0.1, 0.15) is 11.4 Å². The second kappa shape index (κ2) is 5.15. The summed E-state index contributed by atoms with van der Waals surface area (Å²) in [5, 5.41) is 4.35. The molecule has 0 aliphatic rings. The molecular formula is C14H15N5S. The number of nitrogens with two attached hydrogens (primary N) is 2. The van der Waals surface area contributed by atoms with Crippen molar-refractivity contribution in [3.05, 3.63) is 47.8 Å². The number of nitrogen functional groups attached to an aromatic ring is 1. The van der Waals surface area contributed by atoms with Crippen LogP contribution in [0, 0.1) is 6.92 Å². The molecule has 0 amide bonds. The average molecular weight is 285 g/mol. The number of aromatic nitrogens is 3. The summed E-state index contributed by atoms with van der Waals surface area (Å²) in [5.74, 6) is 0.489. The first-order valence-electron chi connectivity index (χ1n) is 6.26. The number of hydrogen-bond acceptors (Lipinski definition) is 5. The summed E-state index contributed by atoms with van der Waals surface area (Å²) in [4.78, 5) is 6.52. The quantitative estimate of drug-likeness (QED) is 0.771. The average Bonchev–Trinajstić information content (AvgIpc) is 2.77. The van der Waals surface area contributed by atoms with Gasteiger partial charge in [-0.3, -0.25) is 0 Å². The van der Waals surface area contributed by atoms with Crippen molar-refractivity contribution >= 4 is 23.2 Å². The first kappa shape index (κ1) is 13.0. The molecule has 20 heavy (non-hydrogen) atoms. The predicted octanol–water partition coefficient (Wildman–Crippen LogP) is 2.23. The Kier molecular flexibility index (Phi) is 3.33. The molecule has 4 N–H and O–H groups in total. The minimum atomic E-state index is 0.401. The molecule has 3 rings (SSSR count). The van der Waals surface area contributed by atoms with Crippen molar-refractivity contribution in [2.75, 3.05) is 5.73 Å². The summed E-state index contributed by atoms with van der Waals surface area (Å²) < 4.78 is 1.76. The number of fused-ring (bicyclic) bond motifs is 1. The van der Waals surface area contributed by atoms with Crippen LogP contribution in [-0.4, -0.2) is 14.6 Å². The zero-order chi connectivity index (χ0) is 14.1. The molecule has 0 aliphatic carbocycles. The minimum Gasteiger partial charge on any atom is -0.381 e. The molecule has 5 nitrogen and oxygen atoms in total. The summed E-state index contributed by atoms with van der Waals surface area (Å²) in [5.41, 5.74) is 14.3. The SMILES string of the molecule is Cc1cc(CN)nc2c(Sc3ccccc3)c(N)nn12. The van der Waals surface area contributed by atoms with E-state index in [-0.39, 0.29) is 0 Å². The summed E-state index contributed by atoms with van der Waals surface area (Å²) in [7, 11) is 0. The highest BCUT2D eigenvalue weighted by molar-refractivity contribution is 7.99. The van der Waals surface area contributed by atoms with E-state index in [0.29, 0.717) is 12.4 Å². The van der Waals surface area contributed by atoms with Crippen LogP contribution in [0.25, 0.3) is 5.65 Å². The van der Waals surface area contributed by atoms with Crippen molar-refractivity contribution in [1.29, 1.82) is 0 Å². The van der Waals surface area contributed by atoms with E-state index in [2.05, 4.69) is 10.1 Å². The van der Waals surface area contributed by atoms with Gasteiger partial charge in [-0.15, -0.1) is 5.10 Å². The van der Waals surface area contributed by atoms with Gasteiger partial charge >= 0.3 is 0 Å². The highest BCUT2D eigenvalue weighted by Crippen LogP contribution is 2.34. The predicted molar refractivity (Wildman–Crippen MR) is 80.6 cm³/mol. The van der Waals surface area contributed by atoms with E-state index < -0.39 is 0 Å².